The predicted octanol–water partition coefficient (Wildman–Crippen LogP) is 1.80. The van der Waals surface area contributed by atoms with Gasteiger partial charge in [-0.2, -0.15) is 4.98 Å². The number of methoxy groups -OCH3 is 1. The lowest BCUT2D eigenvalue weighted by Crippen LogP contribution is -2.57. The molecule has 0 aliphatic carbocycles. The summed E-state index contributed by atoms with van der Waals surface area (Å²) in [7, 11) is 1.59. The molecule has 2 aromatic heterocycles. The average Bonchev–Trinajstić information content (AvgIpc) is 2.67. The van der Waals surface area contributed by atoms with Crippen LogP contribution in [0.15, 0.2) is 24.4 Å². The van der Waals surface area contributed by atoms with Gasteiger partial charge in [0, 0.05) is 42.5 Å². The molecule has 3 heterocycles. The van der Waals surface area contributed by atoms with Crippen molar-refractivity contribution in [3.8, 4) is 5.88 Å². The van der Waals surface area contributed by atoms with Crippen LogP contribution in [0.2, 0.25) is 0 Å². The number of piperidine rings is 1. The van der Waals surface area contributed by atoms with Crippen molar-refractivity contribution >= 4 is 22.6 Å². The van der Waals surface area contributed by atoms with Gasteiger partial charge >= 0.3 is 0 Å². The van der Waals surface area contributed by atoms with Gasteiger partial charge < -0.3 is 10.1 Å². The van der Waals surface area contributed by atoms with Crippen molar-refractivity contribution in [1.82, 2.24) is 20.3 Å². The van der Waals surface area contributed by atoms with Gasteiger partial charge in [-0.3, -0.25) is 14.9 Å². The van der Waals surface area contributed by atoms with Crippen LogP contribution >= 0.6 is 0 Å². The molecule has 8 heteroatoms. The van der Waals surface area contributed by atoms with Crippen LogP contribution in [-0.4, -0.2) is 57.8 Å². The van der Waals surface area contributed by atoms with Crippen molar-refractivity contribution < 1.29 is 14.7 Å². The highest BCUT2D eigenvalue weighted by Gasteiger charge is 2.36. The van der Waals surface area contributed by atoms with Crippen LogP contribution in [0.25, 0.3) is 11.0 Å². The van der Waals surface area contributed by atoms with E-state index in [1.807, 2.05) is 32.0 Å². The van der Waals surface area contributed by atoms with Crippen LogP contribution in [0.3, 0.4) is 0 Å². The molecule has 8 nitrogen and oxygen atoms in total. The van der Waals surface area contributed by atoms with Crippen molar-refractivity contribution in [1.29, 1.82) is 0 Å². The fourth-order valence-corrected chi connectivity index (χ4v) is 3.33. The third-order valence-corrected chi connectivity index (χ3v) is 5.09. The van der Waals surface area contributed by atoms with Crippen molar-refractivity contribution in [2.75, 3.05) is 25.5 Å². The number of nitrogens with zero attached hydrogens (tertiary/aromatic N) is 3. The fourth-order valence-electron chi connectivity index (χ4n) is 3.33. The number of likely N-dealkylation sites (tertiary alicyclic amines) is 1. The summed E-state index contributed by atoms with van der Waals surface area (Å²) in [5, 5.41) is 13.5. The molecule has 1 amide bonds. The van der Waals surface area contributed by atoms with E-state index in [0.29, 0.717) is 17.6 Å². The summed E-state index contributed by atoms with van der Waals surface area (Å²) < 4.78 is 5.16. The number of hydroxylamine groups is 1. The molecule has 3 rings (SSSR count). The van der Waals surface area contributed by atoms with E-state index in [9.17, 15) is 4.79 Å². The predicted molar refractivity (Wildman–Crippen MR) is 98.3 cm³/mol. The van der Waals surface area contributed by atoms with E-state index in [1.165, 1.54) is 0 Å². The summed E-state index contributed by atoms with van der Waals surface area (Å²) in [6, 6.07) is 6.03. The summed E-state index contributed by atoms with van der Waals surface area (Å²) >= 11 is 0. The molecule has 1 aliphatic heterocycles. The Balaban J connectivity index is 1.68. The molecule has 0 atom stereocenters. The highest BCUT2D eigenvalue weighted by Crippen LogP contribution is 2.27. The average molecular weight is 359 g/mol. The number of rotatable bonds is 5. The van der Waals surface area contributed by atoms with Gasteiger partial charge in [-0.25, -0.2) is 10.5 Å². The largest absolute Gasteiger partial charge is 0.481 e. The normalized spacial score (nSPS) is 16.5. The number of carbonyl (C=O) groups excluding carboxylic acids is 1. The Morgan fingerprint density at radius 1 is 1.31 bits per heavy atom. The Bertz CT molecular complexity index is 787. The molecule has 140 valence electrons. The first-order valence-electron chi connectivity index (χ1n) is 8.71. The van der Waals surface area contributed by atoms with Gasteiger partial charge in [0.05, 0.1) is 12.6 Å². The summed E-state index contributed by atoms with van der Waals surface area (Å²) in [5.41, 5.74) is 2.67. The Morgan fingerprint density at radius 2 is 2.04 bits per heavy atom. The Kier molecular flexibility index (Phi) is 5.24. The van der Waals surface area contributed by atoms with E-state index in [0.717, 1.165) is 37.0 Å². The number of carbonyl (C=O) groups is 1. The first-order chi connectivity index (χ1) is 12.5. The standard InChI is InChI=1S/C18H25N5O3/c1-18(2,17(24)22-25)23-10-7-12(8-11-23)20-14-6-9-19-16-13(14)4-5-15(21-16)26-3/h4-6,9,12,25H,7-8,10-11H2,1-3H3,(H,22,24)(H,19,20,21). The SMILES string of the molecule is COc1ccc2c(NC3CCN(C(C)(C)C(=O)NO)CC3)ccnc2n1. The molecule has 1 saturated heterocycles. The third kappa shape index (κ3) is 3.56. The number of anilines is 1. The van der Waals surface area contributed by atoms with E-state index in [1.54, 1.807) is 18.8 Å². The Morgan fingerprint density at radius 3 is 2.69 bits per heavy atom. The lowest BCUT2D eigenvalue weighted by molar-refractivity contribution is -0.141. The smallest absolute Gasteiger partial charge is 0.263 e. The van der Waals surface area contributed by atoms with Gasteiger partial charge in [-0.05, 0) is 38.8 Å². The third-order valence-electron chi connectivity index (χ3n) is 5.09. The molecule has 0 bridgehead atoms. The summed E-state index contributed by atoms with van der Waals surface area (Å²) in [6.45, 7) is 5.18. The van der Waals surface area contributed by atoms with Crippen LogP contribution in [0.5, 0.6) is 5.88 Å². The number of hydrogen-bond acceptors (Lipinski definition) is 7. The maximum atomic E-state index is 11.9. The molecule has 26 heavy (non-hydrogen) atoms. The quantitative estimate of drug-likeness (QED) is 0.553. The van der Waals surface area contributed by atoms with E-state index in [4.69, 9.17) is 9.94 Å². The minimum atomic E-state index is -0.733. The van der Waals surface area contributed by atoms with Crippen LogP contribution in [-0.2, 0) is 4.79 Å². The zero-order valence-corrected chi connectivity index (χ0v) is 15.3. The van der Waals surface area contributed by atoms with Gasteiger partial charge in [0.1, 0.15) is 0 Å². The Labute approximate surface area is 152 Å². The molecule has 0 unspecified atom stereocenters. The van der Waals surface area contributed by atoms with Gasteiger partial charge in [-0.1, -0.05) is 0 Å². The molecule has 0 saturated carbocycles. The van der Waals surface area contributed by atoms with Crippen molar-refractivity contribution in [2.24, 2.45) is 0 Å². The number of aromatic nitrogens is 2. The highest BCUT2D eigenvalue weighted by atomic mass is 16.5. The zero-order valence-electron chi connectivity index (χ0n) is 15.3. The van der Waals surface area contributed by atoms with Gasteiger partial charge in [0.15, 0.2) is 5.65 Å². The van der Waals surface area contributed by atoms with Gasteiger partial charge in [0.25, 0.3) is 5.91 Å². The number of pyridine rings is 2. The van der Waals surface area contributed by atoms with Crippen molar-refractivity contribution in [3.63, 3.8) is 0 Å². The summed E-state index contributed by atoms with van der Waals surface area (Å²) in [4.78, 5) is 22.6. The molecule has 1 aliphatic rings. The maximum Gasteiger partial charge on any atom is 0.263 e. The van der Waals surface area contributed by atoms with E-state index in [2.05, 4.69) is 20.2 Å². The first kappa shape index (κ1) is 18.3. The second-order valence-corrected chi connectivity index (χ2v) is 6.99. The van der Waals surface area contributed by atoms with Crippen LogP contribution in [0.1, 0.15) is 26.7 Å². The van der Waals surface area contributed by atoms with Gasteiger partial charge in [0.2, 0.25) is 5.88 Å². The number of hydrogen-bond donors (Lipinski definition) is 3. The summed E-state index contributed by atoms with van der Waals surface area (Å²) in [5.74, 6) is 0.156. The van der Waals surface area contributed by atoms with Crippen molar-refractivity contribution in [2.45, 2.75) is 38.3 Å². The monoisotopic (exact) mass is 359 g/mol. The molecule has 2 aromatic rings. The fraction of sp³-hybridized carbons (Fsp3) is 0.500. The van der Waals surface area contributed by atoms with Crippen LogP contribution in [0, 0.1) is 0 Å². The zero-order chi connectivity index (χ0) is 18.7. The van der Waals surface area contributed by atoms with Crippen LogP contribution in [0.4, 0.5) is 5.69 Å². The van der Waals surface area contributed by atoms with Gasteiger partial charge in [-0.15, -0.1) is 0 Å². The minimum absolute atomic E-state index is 0.298. The highest BCUT2D eigenvalue weighted by molar-refractivity contribution is 5.89. The van der Waals surface area contributed by atoms with E-state index < -0.39 is 5.54 Å². The molecular formula is C18H25N5O3. The molecular weight excluding hydrogens is 334 g/mol. The van der Waals surface area contributed by atoms with Crippen molar-refractivity contribution in [3.05, 3.63) is 24.4 Å². The lowest BCUT2D eigenvalue weighted by atomic mass is 9.95. The lowest BCUT2D eigenvalue weighted by Gasteiger charge is -2.41. The maximum absolute atomic E-state index is 11.9. The Hall–Kier alpha value is -2.45. The first-order valence-corrected chi connectivity index (χ1v) is 8.71. The van der Waals surface area contributed by atoms with Crippen LogP contribution < -0.4 is 15.5 Å². The number of ether oxygens (including phenoxy) is 1. The minimum Gasteiger partial charge on any atom is -0.481 e. The van der Waals surface area contributed by atoms with E-state index >= 15 is 0 Å². The molecule has 0 radical (unpaired) electrons. The molecule has 0 spiro atoms. The number of nitrogens with one attached hydrogen (secondary N) is 2. The molecule has 0 aromatic carbocycles. The second kappa shape index (κ2) is 7.43. The summed E-state index contributed by atoms with van der Waals surface area (Å²) in [6.07, 6.45) is 3.53. The number of fused-ring (bicyclic) bond motifs is 1. The topological polar surface area (TPSA) is 99.6 Å². The molecule has 1 fully saturated rings. The second-order valence-electron chi connectivity index (χ2n) is 6.99. The number of amides is 1. The van der Waals surface area contributed by atoms with E-state index in [-0.39, 0.29) is 5.91 Å². The molecule has 3 N–H and O–H groups in total.